The molecular weight excluding hydrogens is 306 g/mol. The van der Waals surface area contributed by atoms with E-state index in [-0.39, 0.29) is 17.9 Å². The van der Waals surface area contributed by atoms with Gasteiger partial charge in [0.15, 0.2) is 0 Å². The van der Waals surface area contributed by atoms with Crippen LogP contribution in [0.1, 0.15) is 36.0 Å². The average molecular weight is 333 g/mol. The smallest absolute Gasteiger partial charge is 0.257 e. The van der Waals surface area contributed by atoms with E-state index in [1.54, 1.807) is 17.1 Å². The summed E-state index contributed by atoms with van der Waals surface area (Å²) in [7, 11) is 3.68. The highest BCUT2D eigenvalue weighted by Crippen LogP contribution is 2.18. The maximum absolute atomic E-state index is 12.5. The lowest BCUT2D eigenvalue weighted by atomic mass is 10.0. The molecule has 0 atom stereocenters. The number of hydrogen-bond acceptors (Lipinski definition) is 4. The van der Waals surface area contributed by atoms with Crippen LogP contribution in [-0.4, -0.2) is 82.1 Å². The number of carbonyl (C=O) groups excluding carboxylic acids is 2. The highest BCUT2D eigenvalue weighted by molar-refractivity contribution is 5.93. The Morgan fingerprint density at radius 3 is 2.46 bits per heavy atom. The number of hydrogen-bond donors (Lipinski definition) is 0. The molecule has 1 aromatic rings. The molecule has 3 heterocycles. The first-order valence-corrected chi connectivity index (χ1v) is 8.80. The van der Waals surface area contributed by atoms with Gasteiger partial charge in [0.2, 0.25) is 5.91 Å². The van der Waals surface area contributed by atoms with Crippen molar-refractivity contribution in [2.24, 2.45) is 7.05 Å². The van der Waals surface area contributed by atoms with Gasteiger partial charge in [-0.05, 0) is 25.7 Å². The number of rotatable bonds is 4. The van der Waals surface area contributed by atoms with Crippen LogP contribution in [0.15, 0.2) is 12.4 Å². The van der Waals surface area contributed by atoms with Crippen LogP contribution in [-0.2, 0) is 11.8 Å². The molecule has 0 spiro atoms. The van der Waals surface area contributed by atoms with E-state index in [2.05, 4.69) is 10.00 Å². The summed E-state index contributed by atoms with van der Waals surface area (Å²) >= 11 is 0. The minimum absolute atomic E-state index is 0.0229. The van der Waals surface area contributed by atoms with Crippen LogP contribution in [0, 0.1) is 0 Å². The summed E-state index contributed by atoms with van der Waals surface area (Å²) in [6, 6.07) is 0.232. The molecule has 0 bridgehead atoms. The molecule has 2 saturated heterocycles. The van der Waals surface area contributed by atoms with Gasteiger partial charge in [-0.15, -0.1) is 0 Å². The first-order chi connectivity index (χ1) is 11.5. The van der Waals surface area contributed by atoms with Crippen LogP contribution < -0.4 is 0 Å². The molecule has 0 unspecified atom stereocenters. The summed E-state index contributed by atoms with van der Waals surface area (Å²) in [5.41, 5.74) is 0.631. The van der Waals surface area contributed by atoms with Gasteiger partial charge in [-0.1, -0.05) is 0 Å². The van der Waals surface area contributed by atoms with E-state index in [1.807, 2.05) is 23.9 Å². The minimum atomic E-state index is 0.0229. The maximum Gasteiger partial charge on any atom is 0.257 e. The molecule has 0 N–H and O–H groups in total. The zero-order chi connectivity index (χ0) is 17.1. The van der Waals surface area contributed by atoms with Gasteiger partial charge < -0.3 is 9.80 Å². The SMILES string of the molecule is CN(C(=O)c1cnn(C)c1)C1CCN(CC(=O)N2CCCC2)CC1. The van der Waals surface area contributed by atoms with Crippen molar-refractivity contribution in [2.45, 2.75) is 31.7 Å². The molecule has 0 radical (unpaired) electrons. The summed E-state index contributed by atoms with van der Waals surface area (Å²) < 4.78 is 1.65. The predicted octanol–water partition coefficient (Wildman–Crippen LogP) is 0.579. The number of aromatic nitrogens is 2. The molecule has 7 nitrogen and oxygen atoms in total. The molecule has 0 aliphatic carbocycles. The molecular formula is C17H27N5O2. The standard InChI is InChI=1S/C17H27N5O2/c1-19-12-14(11-18-19)17(24)20(2)15-5-9-21(10-6-15)13-16(23)22-7-3-4-8-22/h11-12,15H,3-10,13H2,1-2H3. The monoisotopic (exact) mass is 333 g/mol. The van der Waals surface area contributed by atoms with Crippen molar-refractivity contribution in [2.75, 3.05) is 39.8 Å². The van der Waals surface area contributed by atoms with Gasteiger partial charge in [-0.2, -0.15) is 5.10 Å². The van der Waals surface area contributed by atoms with E-state index < -0.39 is 0 Å². The van der Waals surface area contributed by atoms with Gasteiger partial charge in [0, 0.05) is 52.5 Å². The Kier molecular flexibility index (Phi) is 5.18. The van der Waals surface area contributed by atoms with Crippen molar-refractivity contribution in [3.05, 3.63) is 18.0 Å². The Morgan fingerprint density at radius 1 is 1.21 bits per heavy atom. The summed E-state index contributed by atoms with van der Waals surface area (Å²) in [6.45, 7) is 4.09. The lowest BCUT2D eigenvalue weighted by Gasteiger charge is -2.36. The first kappa shape index (κ1) is 17.0. The Balaban J connectivity index is 1.47. The van der Waals surface area contributed by atoms with Crippen molar-refractivity contribution < 1.29 is 9.59 Å². The van der Waals surface area contributed by atoms with E-state index in [0.717, 1.165) is 51.9 Å². The molecule has 0 saturated carbocycles. The van der Waals surface area contributed by atoms with Crippen LogP contribution >= 0.6 is 0 Å². The number of aryl methyl sites for hydroxylation is 1. The topological polar surface area (TPSA) is 61.7 Å². The first-order valence-electron chi connectivity index (χ1n) is 8.80. The lowest BCUT2D eigenvalue weighted by Crippen LogP contribution is -2.48. The van der Waals surface area contributed by atoms with Gasteiger partial charge in [0.25, 0.3) is 5.91 Å². The molecule has 24 heavy (non-hydrogen) atoms. The van der Waals surface area contributed by atoms with E-state index in [9.17, 15) is 9.59 Å². The molecule has 2 amide bonds. The third kappa shape index (κ3) is 3.77. The summed E-state index contributed by atoms with van der Waals surface area (Å²) in [5.74, 6) is 0.278. The van der Waals surface area contributed by atoms with Crippen molar-refractivity contribution >= 4 is 11.8 Å². The van der Waals surface area contributed by atoms with Crippen molar-refractivity contribution in [3.63, 3.8) is 0 Å². The number of amides is 2. The third-order valence-electron chi connectivity index (χ3n) is 5.19. The maximum atomic E-state index is 12.5. The molecule has 0 aromatic carbocycles. The largest absolute Gasteiger partial charge is 0.342 e. The Labute approximate surface area is 143 Å². The highest BCUT2D eigenvalue weighted by Gasteiger charge is 2.28. The van der Waals surface area contributed by atoms with E-state index in [0.29, 0.717) is 12.1 Å². The van der Waals surface area contributed by atoms with Gasteiger partial charge in [0.05, 0.1) is 18.3 Å². The minimum Gasteiger partial charge on any atom is -0.342 e. The fourth-order valence-electron chi connectivity index (χ4n) is 3.62. The second kappa shape index (κ2) is 7.34. The summed E-state index contributed by atoms with van der Waals surface area (Å²) in [5, 5.41) is 4.07. The Bertz CT molecular complexity index is 586. The van der Waals surface area contributed by atoms with E-state index in [1.165, 1.54) is 0 Å². The van der Waals surface area contributed by atoms with Gasteiger partial charge in [-0.3, -0.25) is 19.2 Å². The fraction of sp³-hybridized carbons (Fsp3) is 0.706. The molecule has 2 fully saturated rings. The van der Waals surface area contributed by atoms with Crippen LogP contribution in [0.3, 0.4) is 0 Å². The molecule has 7 heteroatoms. The zero-order valence-electron chi connectivity index (χ0n) is 14.6. The highest BCUT2D eigenvalue weighted by atomic mass is 16.2. The Morgan fingerprint density at radius 2 is 1.88 bits per heavy atom. The van der Waals surface area contributed by atoms with Crippen LogP contribution in [0.5, 0.6) is 0 Å². The zero-order valence-corrected chi connectivity index (χ0v) is 14.6. The van der Waals surface area contributed by atoms with E-state index >= 15 is 0 Å². The lowest BCUT2D eigenvalue weighted by molar-refractivity contribution is -0.131. The molecule has 2 aliphatic heterocycles. The second-order valence-electron chi connectivity index (χ2n) is 6.91. The number of piperidine rings is 1. The van der Waals surface area contributed by atoms with Crippen molar-refractivity contribution in [1.82, 2.24) is 24.5 Å². The summed E-state index contributed by atoms with van der Waals surface area (Å²) in [4.78, 5) is 30.8. The fourth-order valence-corrected chi connectivity index (χ4v) is 3.62. The Hall–Kier alpha value is -1.89. The number of nitrogens with zero attached hydrogens (tertiary/aromatic N) is 5. The quantitative estimate of drug-likeness (QED) is 0.809. The van der Waals surface area contributed by atoms with E-state index in [4.69, 9.17) is 0 Å². The van der Waals surface area contributed by atoms with Gasteiger partial charge >= 0.3 is 0 Å². The van der Waals surface area contributed by atoms with Crippen LogP contribution in [0.25, 0.3) is 0 Å². The van der Waals surface area contributed by atoms with Crippen molar-refractivity contribution in [3.8, 4) is 0 Å². The third-order valence-corrected chi connectivity index (χ3v) is 5.19. The van der Waals surface area contributed by atoms with Gasteiger partial charge in [0.1, 0.15) is 0 Å². The van der Waals surface area contributed by atoms with Gasteiger partial charge in [-0.25, -0.2) is 0 Å². The molecule has 1 aromatic heterocycles. The average Bonchev–Trinajstić information content (AvgIpc) is 3.26. The second-order valence-corrected chi connectivity index (χ2v) is 6.91. The summed E-state index contributed by atoms with van der Waals surface area (Å²) in [6.07, 6.45) is 7.46. The number of carbonyl (C=O) groups is 2. The molecule has 2 aliphatic rings. The normalized spacial score (nSPS) is 19.7. The predicted molar refractivity (Wildman–Crippen MR) is 90.6 cm³/mol. The molecule has 3 rings (SSSR count). The molecule has 132 valence electrons. The van der Waals surface area contributed by atoms with Crippen LogP contribution in [0.4, 0.5) is 0 Å². The van der Waals surface area contributed by atoms with Crippen molar-refractivity contribution in [1.29, 1.82) is 0 Å². The van der Waals surface area contributed by atoms with Crippen LogP contribution in [0.2, 0.25) is 0 Å². The number of likely N-dealkylation sites (tertiary alicyclic amines) is 2.